The van der Waals surface area contributed by atoms with Gasteiger partial charge in [-0.3, -0.25) is 9.69 Å². The van der Waals surface area contributed by atoms with Crippen LogP contribution >= 0.6 is 0 Å². The molecule has 2 rings (SSSR count). The molecule has 1 atom stereocenters. The normalized spacial score (nSPS) is 12.5. The Labute approximate surface area is 149 Å². The standard InChI is InChI=1S/C20H28N2O3/c1-16(18-10-6-8-17-7-4-5-9-19(17)18)21-20(23)15-22(11-13-24-2)12-14-25-3/h4-10,16H,11-15H2,1-3H3,(H,21,23). The van der Waals surface area contributed by atoms with Crippen molar-refractivity contribution in [1.82, 2.24) is 10.2 Å². The molecule has 0 aliphatic carbocycles. The third-order valence-electron chi connectivity index (χ3n) is 4.26. The molecule has 0 aromatic heterocycles. The van der Waals surface area contributed by atoms with E-state index in [1.54, 1.807) is 14.2 Å². The van der Waals surface area contributed by atoms with Gasteiger partial charge in [0.2, 0.25) is 5.91 Å². The first-order valence-electron chi connectivity index (χ1n) is 8.63. The molecule has 2 aromatic rings. The van der Waals surface area contributed by atoms with Crippen LogP contribution in [0.25, 0.3) is 10.8 Å². The summed E-state index contributed by atoms with van der Waals surface area (Å²) in [6.45, 7) is 4.95. The molecule has 5 heteroatoms. The van der Waals surface area contributed by atoms with Gasteiger partial charge in [0.15, 0.2) is 0 Å². The fourth-order valence-corrected chi connectivity index (χ4v) is 2.91. The van der Waals surface area contributed by atoms with Crippen LogP contribution in [0.3, 0.4) is 0 Å². The Hall–Kier alpha value is -1.95. The van der Waals surface area contributed by atoms with Crippen LogP contribution in [-0.4, -0.2) is 57.9 Å². The molecule has 0 fully saturated rings. The molecular formula is C20H28N2O3. The second kappa shape index (κ2) is 10.1. The molecular weight excluding hydrogens is 316 g/mol. The van der Waals surface area contributed by atoms with Gasteiger partial charge in [-0.1, -0.05) is 42.5 Å². The van der Waals surface area contributed by atoms with Gasteiger partial charge in [-0.25, -0.2) is 0 Å². The molecule has 0 aliphatic rings. The van der Waals surface area contributed by atoms with Crippen molar-refractivity contribution < 1.29 is 14.3 Å². The molecule has 1 N–H and O–H groups in total. The average Bonchev–Trinajstić information content (AvgIpc) is 2.63. The van der Waals surface area contributed by atoms with E-state index in [2.05, 4.69) is 29.6 Å². The molecule has 0 aliphatic heterocycles. The zero-order valence-corrected chi connectivity index (χ0v) is 15.3. The number of amides is 1. The number of methoxy groups -OCH3 is 2. The van der Waals surface area contributed by atoms with Gasteiger partial charge in [0.25, 0.3) is 0 Å². The van der Waals surface area contributed by atoms with Crippen molar-refractivity contribution in [3.8, 4) is 0 Å². The Bertz CT molecular complexity index is 662. The molecule has 0 saturated carbocycles. The molecule has 0 radical (unpaired) electrons. The van der Waals surface area contributed by atoms with Crippen molar-refractivity contribution in [2.24, 2.45) is 0 Å². The Morgan fingerprint density at radius 2 is 1.68 bits per heavy atom. The molecule has 1 unspecified atom stereocenters. The van der Waals surface area contributed by atoms with Crippen molar-refractivity contribution in [2.45, 2.75) is 13.0 Å². The topological polar surface area (TPSA) is 50.8 Å². The molecule has 0 heterocycles. The van der Waals surface area contributed by atoms with Crippen LogP contribution in [0.15, 0.2) is 42.5 Å². The van der Waals surface area contributed by atoms with Crippen molar-refractivity contribution in [3.63, 3.8) is 0 Å². The van der Waals surface area contributed by atoms with Gasteiger partial charge in [0, 0.05) is 27.3 Å². The van der Waals surface area contributed by atoms with E-state index in [0.717, 1.165) is 5.56 Å². The van der Waals surface area contributed by atoms with Crippen molar-refractivity contribution >= 4 is 16.7 Å². The summed E-state index contributed by atoms with van der Waals surface area (Å²) in [5, 5.41) is 5.47. The molecule has 0 bridgehead atoms. The summed E-state index contributed by atoms with van der Waals surface area (Å²) in [5.74, 6) is 0.00707. The summed E-state index contributed by atoms with van der Waals surface area (Å²) >= 11 is 0. The van der Waals surface area contributed by atoms with E-state index in [1.807, 2.05) is 30.0 Å². The minimum Gasteiger partial charge on any atom is -0.383 e. The summed E-state index contributed by atoms with van der Waals surface area (Å²) in [6.07, 6.45) is 0. The molecule has 5 nitrogen and oxygen atoms in total. The van der Waals surface area contributed by atoms with E-state index in [0.29, 0.717) is 32.8 Å². The summed E-state index contributed by atoms with van der Waals surface area (Å²) < 4.78 is 10.2. The van der Waals surface area contributed by atoms with Gasteiger partial charge in [-0.15, -0.1) is 0 Å². The van der Waals surface area contributed by atoms with Gasteiger partial charge >= 0.3 is 0 Å². The first kappa shape index (κ1) is 19.4. The lowest BCUT2D eigenvalue weighted by atomic mass is 10.00. The van der Waals surface area contributed by atoms with Gasteiger partial charge in [-0.2, -0.15) is 0 Å². The van der Waals surface area contributed by atoms with E-state index in [1.165, 1.54) is 10.8 Å². The lowest BCUT2D eigenvalue weighted by Crippen LogP contribution is -2.41. The highest BCUT2D eigenvalue weighted by Crippen LogP contribution is 2.23. The highest BCUT2D eigenvalue weighted by molar-refractivity contribution is 5.87. The van der Waals surface area contributed by atoms with Gasteiger partial charge < -0.3 is 14.8 Å². The Morgan fingerprint density at radius 3 is 2.36 bits per heavy atom. The van der Waals surface area contributed by atoms with E-state index < -0.39 is 0 Å². The predicted octanol–water partition coefficient (Wildman–Crippen LogP) is 2.61. The smallest absolute Gasteiger partial charge is 0.234 e. The van der Waals surface area contributed by atoms with Gasteiger partial charge in [0.1, 0.15) is 0 Å². The van der Waals surface area contributed by atoms with Crippen LogP contribution in [0.5, 0.6) is 0 Å². The van der Waals surface area contributed by atoms with Crippen LogP contribution in [0.4, 0.5) is 0 Å². The highest BCUT2D eigenvalue weighted by atomic mass is 16.5. The highest BCUT2D eigenvalue weighted by Gasteiger charge is 2.15. The van der Waals surface area contributed by atoms with Crippen LogP contribution in [0.1, 0.15) is 18.5 Å². The molecule has 1 amide bonds. The maximum atomic E-state index is 12.5. The van der Waals surface area contributed by atoms with E-state index in [-0.39, 0.29) is 11.9 Å². The number of nitrogens with zero attached hydrogens (tertiary/aromatic N) is 1. The maximum absolute atomic E-state index is 12.5. The number of carbonyl (C=O) groups excluding carboxylic acids is 1. The van der Waals surface area contributed by atoms with E-state index in [4.69, 9.17) is 9.47 Å². The second-order valence-corrected chi connectivity index (χ2v) is 6.12. The van der Waals surface area contributed by atoms with Crippen molar-refractivity contribution in [3.05, 3.63) is 48.0 Å². The molecule has 25 heavy (non-hydrogen) atoms. The van der Waals surface area contributed by atoms with Crippen molar-refractivity contribution in [2.75, 3.05) is 47.1 Å². The van der Waals surface area contributed by atoms with Gasteiger partial charge in [0.05, 0.1) is 25.8 Å². The van der Waals surface area contributed by atoms with Crippen LogP contribution in [0, 0.1) is 0 Å². The number of hydrogen-bond donors (Lipinski definition) is 1. The number of rotatable bonds is 10. The number of hydrogen-bond acceptors (Lipinski definition) is 4. The summed E-state index contributed by atoms with van der Waals surface area (Å²) in [4.78, 5) is 14.5. The minimum absolute atomic E-state index is 0.00707. The average molecular weight is 344 g/mol. The Balaban J connectivity index is 2.00. The minimum atomic E-state index is -0.0506. The predicted molar refractivity (Wildman–Crippen MR) is 101 cm³/mol. The fourth-order valence-electron chi connectivity index (χ4n) is 2.91. The third kappa shape index (κ3) is 5.81. The van der Waals surface area contributed by atoms with Crippen LogP contribution < -0.4 is 5.32 Å². The van der Waals surface area contributed by atoms with E-state index >= 15 is 0 Å². The number of nitrogens with one attached hydrogen (secondary N) is 1. The first-order valence-corrected chi connectivity index (χ1v) is 8.63. The molecule has 2 aromatic carbocycles. The largest absolute Gasteiger partial charge is 0.383 e. The summed E-state index contributed by atoms with van der Waals surface area (Å²) in [6, 6.07) is 14.4. The fraction of sp³-hybridized carbons (Fsp3) is 0.450. The van der Waals surface area contributed by atoms with Crippen molar-refractivity contribution in [1.29, 1.82) is 0 Å². The first-order chi connectivity index (χ1) is 12.2. The third-order valence-corrected chi connectivity index (χ3v) is 4.26. The Kier molecular flexibility index (Phi) is 7.85. The monoisotopic (exact) mass is 344 g/mol. The lowest BCUT2D eigenvalue weighted by molar-refractivity contribution is -0.123. The SMILES string of the molecule is COCCN(CCOC)CC(=O)NC(C)c1cccc2ccccc12. The van der Waals surface area contributed by atoms with Crippen LogP contribution in [0.2, 0.25) is 0 Å². The summed E-state index contributed by atoms with van der Waals surface area (Å²) in [7, 11) is 3.33. The van der Waals surface area contributed by atoms with Crippen LogP contribution in [-0.2, 0) is 14.3 Å². The quantitative estimate of drug-likeness (QED) is 0.720. The molecule has 136 valence electrons. The number of fused-ring (bicyclic) bond motifs is 1. The molecule has 0 spiro atoms. The second-order valence-electron chi connectivity index (χ2n) is 6.12. The number of benzene rings is 2. The number of ether oxygens (including phenoxy) is 2. The number of carbonyl (C=O) groups is 1. The van der Waals surface area contributed by atoms with Gasteiger partial charge in [-0.05, 0) is 23.3 Å². The summed E-state index contributed by atoms with van der Waals surface area (Å²) in [5.41, 5.74) is 1.13. The maximum Gasteiger partial charge on any atom is 0.234 e. The lowest BCUT2D eigenvalue weighted by Gasteiger charge is -2.23. The Morgan fingerprint density at radius 1 is 1.04 bits per heavy atom. The molecule has 0 saturated heterocycles. The zero-order valence-electron chi connectivity index (χ0n) is 15.3. The van der Waals surface area contributed by atoms with E-state index in [9.17, 15) is 4.79 Å². The zero-order chi connectivity index (χ0) is 18.1.